The molecule has 0 spiro atoms. The molecule has 0 unspecified atom stereocenters. The van der Waals surface area contributed by atoms with Crippen molar-refractivity contribution in [3.8, 4) is 0 Å². The fourth-order valence-electron chi connectivity index (χ4n) is 1.92. The summed E-state index contributed by atoms with van der Waals surface area (Å²) < 4.78 is 0. The lowest BCUT2D eigenvalue weighted by molar-refractivity contribution is -0.131. The van der Waals surface area contributed by atoms with Crippen LogP contribution < -0.4 is 10.8 Å². The highest BCUT2D eigenvalue weighted by atomic mass is 16.5. The molecule has 2 amide bonds. The van der Waals surface area contributed by atoms with E-state index in [1.807, 2.05) is 56.3 Å². The molecule has 2 aromatic carbocycles. The highest BCUT2D eigenvalue weighted by Gasteiger charge is 2.05. The third-order valence-corrected chi connectivity index (χ3v) is 3.01. The standard InChI is InChI=1S/C15H16N2O3.C2H6/c18-14(7-8-15(19)17-20)16-10-11-5-6-12-3-1-2-4-13(12)9-11;1-2/h1-6,9,20H,7-8,10H2,(H,16,18)(H,17,19);1-2H3. The largest absolute Gasteiger partial charge is 0.352 e. The average Bonchev–Trinajstić information content (AvgIpc) is 2.59. The van der Waals surface area contributed by atoms with Gasteiger partial charge >= 0.3 is 0 Å². The molecule has 5 heteroatoms. The Morgan fingerprint density at radius 1 is 0.955 bits per heavy atom. The van der Waals surface area contributed by atoms with Gasteiger partial charge in [-0.05, 0) is 22.4 Å². The molecule has 0 bridgehead atoms. The Kier molecular flexibility index (Phi) is 7.64. The lowest BCUT2D eigenvalue weighted by atomic mass is 10.1. The summed E-state index contributed by atoms with van der Waals surface area (Å²) in [6.45, 7) is 4.42. The molecule has 0 aliphatic heterocycles. The van der Waals surface area contributed by atoms with Gasteiger partial charge in [0.05, 0.1) is 0 Å². The van der Waals surface area contributed by atoms with E-state index < -0.39 is 5.91 Å². The van der Waals surface area contributed by atoms with E-state index in [0.29, 0.717) is 6.54 Å². The second-order valence-corrected chi connectivity index (χ2v) is 4.49. The Hall–Kier alpha value is -2.40. The van der Waals surface area contributed by atoms with Crippen molar-refractivity contribution in [1.82, 2.24) is 10.8 Å². The van der Waals surface area contributed by atoms with E-state index in [-0.39, 0.29) is 18.7 Å². The molecule has 3 N–H and O–H groups in total. The van der Waals surface area contributed by atoms with Crippen LogP contribution in [-0.4, -0.2) is 17.0 Å². The SMILES string of the molecule is CC.O=C(CCC(=O)NCc1ccc2ccccc2c1)NO. The Morgan fingerprint density at radius 3 is 2.27 bits per heavy atom. The lowest BCUT2D eigenvalue weighted by Crippen LogP contribution is -2.25. The summed E-state index contributed by atoms with van der Waals surface area (Å²) in [5.74, 6) is -0.785. The maximum absolute atomic E-state index is 11.5. The molecule has 0 aromatic heterocycles. The van der Waals surface area contributed by atoms with Crippen molar-refractivity contribution < 1.29 is 14.8 Å². The Bertz CT molecular complexity index is 626. The minimum atomic E-state index is -0.564. The normalized spacial score (nSPS) is 9.59. The minimum absolute atomic E-state index is 0.0277. The molecule has 0 atom stereocenters. The quantitative estimate of drug-likeness (QED) is 0.587. The summed E-state index contributed by atoms with van der Waals surface area (Å²) >= 11 is 0. The Balaban J connectivity index is 0.00000116. The van der Waals surface area contributed by atoms with Crippen LogP contribution in [-0.2, 0) is 16.1 Å². The molecule has 0 heterocycles. The van der Waals surface area contributed by atoms with E-state index in [1.165, 1.54) is 5.48 Å². The summed E-state index contributed by atoms with van der Waals surface area (Å²) in [5, 5.41) is 13.3. The zero-order valence-electron chi connectivity index (χ0n) is 12.9. The number of hydrogen-bond donors (Lipinski definition) is 3. The molecule has 0 saturated heterocycles. The van der Waals surface area contributed by atoms with Crippen LogP contribution in [0.15, 0.2) is 42.5 Å². The summed E-state index contributed by atoms with van der Waals surface area (Å²) in [4.78, 5) is 22.3. The molecule has 0 saturated carbocycles. The molecular weight excluding hydrogens is 280 g/mol. The van der Waals surface area contributed by atoms with Crippen molar-refractivity contribution in [3.63, 3.8) is 0 Å². The first-order valence-electron chi connectivity index (χ1n) is 7.36. The summed E-state index contributed by atoms with van der Waals surface area (Å²) in [6, 6.07) is 14.0. The van der Waals surface area contributed by atoms with Crippen LogP contribution in [0.2, 0.25) is 0 Å². The molecule has 0 aliphatic carbocycles. The third kappa shape index (κ3) is 5.54. The first kappa shape index (κ1) is 17.7. The summed E-state index contributed by atoms with van der Waals surface area (Å²) in [7, 11) is 0. The van der Waals surface area contributed by atoms with E-state index in [1.54, 1.807) is 0 Å². The van der Waals surface area contributed by atoms with E-state index >= 15 is 0 Å². The minimum Gasteiger partial charge on any atom is -0.352 e. The van der Waals surface area contributed by atoms with E-state index in [0.717, 1.165) is 16.3 Å². The number of rotatable bonds is 5. The molecule has 0 fully saturated rings. The zero-order valence-corrected chi connectivity index (χ0v) is 12.9. The van der Waals surface area contributed by atoms with Gasteiger partial charge in [-0.1, -0.05) is 50.2 Å². The van der Waals surface area contributed by atoms with Crippen LogP contribution >= 0.6 is 0 Å². The number of nitrogens with one attached hydrogen (secondary N) is 2. The van der Waals surface area contributed by atoms with Crippen LogP contribution in [0.5, 0.6) is 0 Å². The predicted octanol–water partition coefficient (Wildman–Crippen LogP) is 2.77. The molecule has 5 nitrogen and oxygen atoms in total. The molecule has 2 aromatic rings. The molecule has 2 rings (SSSR count). The summed E-state index contributed by atoms with van der Waals surface area (Å²) in [5.41, 5.74) is 2.50. The van der Waals surface area contributed by atoms with Crippen molar-refractivity contribution in [2.45, 2.75) is 33.2 Å². The van der Waals surface area contributed by atoms with Gasteiger partial charge in [-0.15, -0.1) is 0 Å². The number of carbonyl (C=O) groups excluding carboxylic acids is 2. The second kappa shape index (κ2) is 9.52. The van der Waals surface area contributed by atoms with Gasteiger partial charge in [0, 0.05) is 19.4 Å². The third-order valence-electron chi connectivity index (χ3n) is 3.01. The fourth-order valence-corrected chi connectivity index (χ4v) is 1.92. The zero-order chi connectivity index (χ0) is 16.4. The van der Waals surface area contributed by atoms with Gasteiger partial charge in [0.15, 0.2) is 0 Å². The highest BCUT2D eigenvalue weighted by Crippen LogP contribution is 2.15. The van der Waals surface area contributed by atoms with E-state index in [9.17, 15) is 9.59 Å². The van der Waals surface area contributed by atoms with E-state index in [4.69, 9.17) is 5.21 Å². The smallest absolute Gasteiger partial charge is 0.243 e. The van der Waals surface area contributed by atoms with Gasteiger partial charge in [0.2, 0.25) is 11.8 Å². The topological polar surface area (TPSA) is 78.4 Å². The number of fused-ring (bicyclic) bond motifs is 1. The maximum Gasteiger partial charge on any atom is 0.243 e. The van der Waals surface area contributed by atoms with Crippen molar-refractivity contribution in [2.75, 3.05) is 0 Å². The van der Waals surface area contributed by atoms with E-state index in [2.05, 4.69) is 5.32 Å². The maximum atomic E-state index is 11.5. The number of carbonyl (C=O) groups is 2. The van der Waals surface area contributed by atoms with Crippen molar-refractivity contribution in [1.29, 1.82) is 0 Å². The lowest BCUT2D eigenvalue weighted by Gasteiger charge is -2.06. The monoisotopic (exact) mass is 302 g/mol. The van der Waals surface area contributed by atoms with Gasteiger partial charge in [0.1, 0.15) is 0 Å². The number of amides is 2. The average molecular weight is 302 g/mol. The first-order valence-corrected chi connectivity index (χ1v) is 7.36. The van der Waals surface area contributed by atoms with Crippen LogP contribution in [0.4, 0.5) is 0 Å². The van der Waals surface area contributed by atoms with Crippen LogP contribution in [0.25, 0.3) is 10.8 Å². The molecule has 0 aliphatic rings. The predicted molar refractivity (Wildman–Crippen MR) is 86.3 cm³/mol. The first-order chi connectivity index (χ1) is 10.7. The fraction of sp³-hybridized carbons (Fsp3) is 0.294. The van der Waals surface area contributed by atoms with Crippen LogP contribution in [0.1, 0.15) is 32.3 Å². The second-order valence-electron chi connectivity index (χ2n) is 4.49. The van der Waals surface area contributed by atoms with Gasteiger partial charge in [-0.3, -0.25) is 14.8 Å². The number of benzene rings is 2. The molecule has 0 radical (unpaired) electrons. The molecule has 22 heavy (non-hydrogen) atoms. The van der Waals surface area contributed by atoms with Crippen molar-refractivity contribution in [2.24, 2.45) is 0 Å². The van der Waals surface area contributed by atoms with Crippen molar-refractivity contribution >= 4 is 22.6 Å². The van der Waals surface area contributed by atoms with Gasteiger partial charge < -0.3 is 5.32 Å². The Morgan fingerprint density at radius 2 is 1.59 bits per heavy atom. The summed E-state index contributed by atoms with van der Waals surface area (Å²) in [6.07, 6.45) is 0.0278. The van der Waals surface area contributed by atoms with Gasteiger partial charge in [0.25, 0.3) is 0 Å². The molecule has 118 valence electrons. The Labute approximate surface area is 130 Å². The van der Waals surface area contributed by atoms with Crippen LogP contribution in [0.3, 0.4) is 0 Å². The van der Waals surface area contributed by atoms with Crippen LogP contribution in [0, 0.1) is 0 Å². The molecular formula is C17H22N2O3. The van der Waals surface area contributed by atoms with Gasteiger partial charge in [-0.2, -0.15) is 0 Å². The number of hydroxylamine groups is 1. The van der Waals surface area contributed by atoms with Crippen molar-refractivity contribution in [3.05, 3.63) is 48.0 Å². The number of hydrogen-bond acceptors (Lipinski definition) is 3. The highest BCUT2D eigenvalue weighted by molar-refractivity contribution is 5.84. The van der Waals surface area contributed by atoms with Gasteiger partial charge in [-0.25, -0.2) is 5.48 Å².